The molecule has 0 fully saturated rings. The number of fused-ring (bicyclic) bond motifs is 1. The minimum atomic E-state index is -0.112. The van der Waals surface area contributed by atoms with Crippen LogP contribution in [0, 0.1) is 27.7 Å². The maximum absolute atomic E-state index is 12.4. The number of amides is 1. The minimum Gasteiger partial charge on any atom is -0.298 e. The summed E-state index contributed by atoms with van der Waals surface area (Å²) in [5, 5.41) is 3.55. The molecule has 0 radical (unpaired) electrons. The second-order valence-corrected chi connectivity index (χ2v) is 6.78. The summed E-state index contributed by atoms with van der Waals surface area (Å²) in [6.45, 7) is 8.14. The summed E-state index contributed by atoms with van der Waals surface area (Å²) in [4.78, 5) is 16.9. The second-order valence-electron chi connectivity index (χ2n) is 5.75. The van der Waals surface area contributed by atoms with E-state index in [0.717, 1.165) is 21.3 Å². The number of thiazole rings is 1. The van der Waals surface area contributed by atoms with Gasteiger partial charge in [0.15, 0.2) is 5.13 Å². The first-order chi connectivity index (χ1) is 10.4. The Morgan fingerprint density at radius 2 is 1.59 bits per heavy atom. The van der Waals surface area contributed by atoms with Gasteiger partial charge in [0.2, 0.25) is 0 Å². The quantitative estimate of drug-likeness (QED) is 0.740. The Morgan fingerprint density at radius 3 is 2.27 bits per heavy atom. The molecule has 3 nitrogen and oxygen atoms in total. The Labute approximate surface area is 134 Å². The fourth-order valence-corrected chi connectivity index (χ4v) is 3.45. The molecule has 0 atom stereocenters. The molecule has 0 saturated heterocycles. The Balaban J connectivity index is 1.90. The highest BCUT2D eigenvalue weighted by molar-refractivity contribution is 7.22. The molecule has 112 valence electrons. The van der Waals surface area contributed by atoms with Gasteiger partial charge in [0.1, 0.15) is 0 Å². The molecule has 1 N–H and O–H groups in total. The lowest BCUT2D eigenvalue weighted by molar-refractivity contribution is 0.102. The van der Waals surface area contributed by atoms with E-state index in [-0.39, 0.29) is 5.91 Å². The Kier molecular flexibility index (Phi) is 3.71. The number of rotatable bonds is 2. The van der Waals surface area contributed by atoms with Gasteiger partial charge in [0.25, 0.3) is 5.91 Å². The van der Waals surface area contributed by atoms with Crippen molar-refractivity contribution in [1.29, 1.82) is 0 Å². The van der Waals surface area contributed by atoms with E-state index in [4.69, 9.17) is 0 Å². The van der Waals surface area contributed by atoms with Crippen molar-refractivity contribution in [2.45, 2.75) is 27.7 Å². The van der Waals surface area contributed by atoms with Crippen LogP contribution in [0.4, 0.5) is 5.13 Å². The van der Waals surface area contributed by atoms with E-state index in [9.17, 15) is 4.79 Å². The first kappa shape index (κ1) is 14.7. The molecule has 0 aliphatic rings. The van der Waals surface area contributed by atoms with E-state index in [1.54, 1.807) is 0 Å². The fraction of sp³-hybridized carbons (Fsp3) is 0.222. The SMILES string of the molecule is Cc1cc(C)cc(C(=O)Nc2nc3cc(C)c(C)cc3s2)c1. The van der Waals surface area contributed by atoms with E-state index >= 15 is 0 Å². The van der Waals surface area contributed by atoms with Crippen LogP contribution < -0.4 is 5.32 Å². The molecule has 0 saturated carbocycles. The number of nitrogens with zero attached hydrogens (tertiary/aromatic N) is 1. The third kappa shape index (κ3) is 2.88. The van der Waals surface area contributed by atoms with Gasteiger partial charge in [-0.2, -0.15) is 0 Å². The molecule has 1 aromatic heterocycles. The van der Waals surface area contributed by atoms with Crippen LogP contribution >= 0.6 is 11.3 Å². The number of aromatic nitrogens is 1. The van der Waals surface area contributed by atoms with E-state index < -0.39 is 0 Å². The summed E-state index contributed by atoms with van der Waals surface area (Å²) < 4.78 is 1.10. The Hall–Kier alpha value is -2.20. The Bertz CT molecular complexity index is 821. The van der Waals surface area contributed by atoms with Crippen molar-refractivity contribution in [2.75, 3.05) is 5.32 Å². The Morgan fingerprint density at radius 1 is 0.955 bits per heavy atom. The van der Waals surface area contributed by atoms with Gasteiger partial charge in [-0.1, -0.05) is 28.5 Å². The average molecular weight is 310 g/mol. The lowest BCUT2D eigenvalue weighted by atomic mass is 10.1. The van der Waals surface area contributed by atoms with Gasteiger partial charge in [-0.25, -0.2) is 4.98 Å². The maximum Gasteiger partial charge on any atom is 0.257 e. The predicted octanol–water partition coefficient (Wildman–Crippen LogP) is 4.78. The first-order valence-corrected chi connectivity index (χ1v) is 8.01. The molecule has 0 spiro atoms. The van der Waals surface area contributed by atoms with Gasteiger partial charge < -0.3 is 0 Å². The zero-order valence-electron chi connectivity index (χ0n) is 13.2. The number of carbonyl (C=O) groups is 1. The third-order valence-corrected chi connectivity index (χ3v) is 4.64. The van der Waals surface area contributed by atoms with Crippen molar-refractivity contribution in [2.24, 2.45) is 0 Å². The van der Waals surface area contributed by atoms with Crippen molar-refractivity contribution in [3.8, 4) is 0 Å². The predicted molar refractivity (Wildman–Crippen MR) is 93.0 cm³/mol. The zero-order chi connectivity index (χ0) is 15.9. The monoisotopic (exact) mass is 310 g/mol. The molecule has 22 heavy (non-hydrogen) atoms. The molecule has 0 bridgehead atoms. The molecule has 1 heterocycles. The molecule has 0 unspecified atom stereocenters. The highest BCUT2D eigenvalue weighted by Crippen LogP contribution is 2.28. The number of hydrogen-bond acceptors (Lipinski definition) is 3. The van der Waals surface area contributed by atoms with Crippen LogP contribution in [0.15, 0.2) is 30.3 Å². The summed E-state index contributed by atoms with van der Waals surface area (Å²) in [5.41, 5.74) is 6.22. The topological polar surface area (TPSA) is 42.0 Å². The van der Waals surface area contributed by atoms with Crippen LogP contribution in [-0.4, -0.2) is 10.9 Å². The molecule has 2 aromatic carbocycles. The highest BCUT2D eigenvalue weighted by atomic mass is 32.1. The van der Waals surface area contributed by atoms with E-state index in [2.05, 4.69) is 42.3 Å². The number of carbonyl (C=O) groups excluding carboxylic acids is 1. The molecule has 0 aliphatic heterocycles. The van der Waals surface area contributed by atoms with Gasteiger partial charge in [-0.15, -0.1) is 0 Å². The summed E-state index contributed by atoms with van der Waals surface area (Å²) in [6, 6.07) is 10.0. The van der Waals surface area contributed by atoms with Gasteiger partial charge in [0, 0.05) is 5.56 Å². The van der Waals surface area contributed by atoms with E-state index in [0.29, 0.717) is 10.7 Å². The van der Waals surface area contributed by atoms with E-state index in [1.807, 2.05) is 26.0 Å². The minimum absolute atomic E-state index is 0.112. The molecular formula is C18H18N2OS. The largest absolute Gasteiger partial charge is 0.298 e. The number of benzene rings is 2. The van der Waals surface area contributed by atoms with Crippen LogP contribution in [0.2, 0.25) is 0 Å². The standard InChI is InChI=1S/C18H18N2OS/c1-10-5-11(2)7-14(6-10)17(21)20-18-19-15-8-12(3)13(4)9-16(15)22-18/h5-9H,1-4H3,(H,19,20,21). The van der Waals surface area contributed by atoms with Crippen LogP contribution in [-0.2, 0) is 0 Å². The summed E-state index contributed by atoms with van der Waals surface area (Å²) in [7, 11) is 0. The van der Waals surface area contributed by atoms with Gasteiger partial charge in [-0.05, 0) is 63.1 Å². The molecule has 3 rings (SSSR count). The van der Waals surface area contributed by atoms with E-state index in [1.165, 1.54) is 22.5 Å². The van der Waals surface area contributed by atoms with Crippen molar-refractivity contribution in [1.82, 2.24) is 4.98 Å². The lowest BCUT2D eigenvalue weighted by Gasteiger charge is -2.04. The number of aryl methyl sites for hydroxylation is 4. The summed E-state index contributed by atoms with van der Waals surface area (Å²) in [5.74, 6) is -0.112. The second kappa shape index (κ2) is 5.54. The maximum atomic E-state index is 12.4. The van der Waals surface area contributed by atoms with Crippen LogP contribution in [0.5, 0.6) is 0 Å². The van der Waals surface area contributed by atoms with Crippen LogP contribution in [0.3, 0.4) is 0 Å². The lowest BCUT2D eigenvalue weighted by Crippen LogP contribution is -2.12. The van der Waals surface area contributed by atoms with Crippen molar-refractivity contribution < 1.29 is 4.79 Å². The summed E-state index contributed by atoms with van der Waals surface area (Å²) >= 11 is 1.51. The van der Waals surface area contributed by atoms with Crippen LogP contribution in [0.1, 0.15) is 32.6 Å². The molecule has 0 aliphatic carbocycles. The zero-order valence-corrected chi connectivity index (χ0v) is 14.0. The highest BCUT2D eigenvalue weighted by Gasteiger charge is 2.11. The molecule has 1 amide bonds. The van der Waals surface area contributed by atoms with Crippen molar-refractivity contribution in [3.63, 3.8) is 0 Å². The number of hydrogen-bond donors (Lipinski definition) is 1. The third-order valence-electron chi connectivity index (χ3n) is 3.71. The number of anilines is 1. The molecule has 4 heteroatoms. The van der Waals surface area contributed by atoms with Gasteiger partial charge in [0.05, 0.1) is 10.2 Å². The first-order valence-electron chi connectivity index (χ1n) is 7.20. The number of nitrogens with one attached hydrogen (secondary N) is 1. The van der Waals surface area contributed by atoms with Crippen molar-refractivity contribution >= 4 is 32.6 Å². The smallest absolute Gasteiger partial charge is 0.257 e. The van der Waals surface area contributed by atoms with Crippen molar-refractivity contribution in [3.05, 3.63) is 58.1 Å². The summed E-state index contributed by atoms with van der Waals surface area (Å²) in [6.07, 6.45) is 0. The fourth-order valence-electron chi connectivity index (χ4n) is 2.51. The average Bonchev–Trinajstić information content (AvgIpc) is 2.79. The molecular weight excluding hydrogens is 292 g/mol. The molecule has 3 aromatic rings. The van der Waals surface area contributed by atoms with Gasteiger partial charge >= 0.3 is 0 Å². The van der Waals surface area contributed by atoms with Crippen LogP contribution in [0.25, 0.3) is 10.2 Å². The normalized spacial score (nSPS) is 10.9. The van der Waals surface area contributed by atoms with Gasteiger partial charge in [-0.3, -0.25) is 10.1 Å².